The molecule has 2 aromatic rings. The lowest BCUT2D eigenvalue weighted by atomic mass is 10.2. The predicted octanol–water partition coefficient (Wildman–Crippen LogP) is 1.98. The lowest BCUT2D eigenvalue weighted by molar-refractivity contribution is 0.0171. The fourth-order valence-electron chi connectivity index (χ4n) is 4.00. The van der Waals surface area contributed by atoms with Crippen molar-refractivity contribution >= 4 is 27.4 Å². The number of amides is 2. The highest BCUT2D eigenvalue weighted by Crippen LogP contribution is 2.25. The Morgan fingerprint density at radius 2 is 1.78 bits per heavy atom. The molecule has 1 atom stereocenters. The van der Waals surface area contributed by atoms with E-state index in [-0.39, 0.29) is 43.1 Å². The SMILES string of the molecule is O=C(NC[C@H](c1cccs1)N1CCOCC1)N1CCN(S(=O)(=O)c2ccccc2F)CC1. The number of carbonyl (C=O) groups excluding carboxylic acids is 1. The number of morpholine rings is 1. The normalized spacial score (nSPS) is 19.6. The third-order valence-corrected chi connectivity index (χ3v) is 8.69. The van der Waals surface area contributed by atoms with Gasteiger partial charge in [0.05, 0.1) is 19.3 Å². The summed E-state index contributed by atoms with van der Waals surface area (Å²) < 4.78 is 46.2. The first-order valence-corrected chi connectivity index (χ1v) is 12.9. The van der Waals surface area contributed by atoms with E-state index in [9.17, 15) is 17.6 Å². The van der Waals surface area contributed by atoms with Crippen LogP contribution in [0.25, 0.3) is 0 Å². The Morgan fingerprint density at radius 3 is 2.44 bits per heavy atom. The summed E-state index contributed by atoms with van der Waals surface area (Å²) in [6, 6.07) is 9.28. The number of hydrogen-bond donors (Lipinski definition) is 1. The van der Waals surface area contributed by atoms with Crippen molar-refractivity contribution < 1.29 is 22.3 Å². The number of piperazine rings is 1. The lowest BCUT2D eigenvalue weighted by Crippen LogP contribution is -2.54. The predicted molar refractivity (Wildman–Crippen MR) is 120 cm³/mol. The molecule has 0 spiro atoms. The number of rotatable bonds is 6. The van der Waals surface area contributed by atoms with Crippen LogP contribution in [0, 0.1) is 5.82 Å². The van der Waals surface area contributed by atoms with Gasteiger partial charge in [-0.25, -0.2) is 17.6 Å². The van der Waals surface area contributed by atoms with Gasteiger partial charge in [-0.15, -0.1) is 11.3 Å². The van der Waals surface area contributed by atoms with Gasteiger partial charge < -0.3 is 15.0 Å². The molecule has 0 bridgehead atoms. The lowest BCUT2D eigenvalue weighted by Gasteiger charge is -2.36. The third kappa shape index (κ3) is 5.12. The van der Waals surface area contributed by atoms with Crippen molar-refractivity contribution in [3.05, 3.63) is 52.5 Å². The molecule has 11 heteroatoms. The van der Waals surface area contributed by atoms with E-state index in [1.807, 2.05) is 11.4 Å². The molecule has 3 heterocycles. The highest BCUT2D eigenvalue weighted by atomic mass is 32.2. The van der Waals surface area contributed by atoms with Gasteiger partial charge in [-0.2, -0.15) is 4.31 Å². The molecule has 2 saturated heterocycles. The molecule has 174 valence electrons. The number of halogens is 1. The van der Waals surface area contributed by atoms with E-state index in [2.05, 4.69) is 16.3 Å². The summed E-state index contributed by atoms with van der Waals surface area (Å²) in [5.74, 6) is -0.768. The average molecular weight is 483 g/mol. The Balaban J connectivity index is 1.33. The second kappa shape index (κ2) is 10.3. The van der Waals surface area contributed by atoms with Crippen molar-refractivity contribution in [1.29, 1.82) is 0 Å². The second-order valence-corrected chi connectivity index (χ2v) is 10.6. The molecule has 32 heavy (non-hydrogen) atoms. The number of sulfonamides is 1. The fraction of sp³-hybridized carbons (Fsp3) is 0.476. The molecule has 4 rings (SSSR count). The molecule has 2 amide bonds. The monoisotopic (exact) mass is 482 g/mol. The maximum atomic E-state index is 14.0. The summed E-state index contributed by atoms with van der Waals surface area (Å²) in [5, 5.41) is 5.04. The van der Waals surface area contributed by atoms with Gasteiger partial charge in [0.1, 0.15) is 10.7 Å². The van der Waals surface area contributed by atoms with E-state index >= 15 is 0 Å². The zero-order valence-electron chi connectivity index (χ0n) is 17.7. The van der Waals surface area contributed by atoms with E-state index in [1.54, 1.807) is 16.2 Å². The summed E-state index contributed by atoms with van der Waals surface area (Å²) in [5.41, 5.74) is 0. The molecule has 2 fully saturated rings. The topological polar surface area (TPSA) is 82.2 Å². The molecular formula is C21H27FN4O4S2. The molecule has 1 N–H and O–H groups in total. The van der Waals surface area contributed by atoms with Crippen LogP contribution in [0.5, 0.6) is 0 Å². The van der Waals surface area contributed by atoms with Crippen molar-refractivity contribution in [2.75, 3.05) is 59.0 Å². The van der Waals surface area contributed by atoms with Gasteiger partial charge >= 0.3 is 6.03 Å². The number of hydrogen-bond acceptors (Lipinski definition) is 6. The third-order valence-electron chi connectivity index (χ3n) is 5.79. The van der Waals surface area contributed by atoms with Crippen LogP contribution in [0.2, 0.25) is 0 Å². The van der Waals surface area contributed by atoms with E-state index in [4.69, 9.17) is 4.74 Å². The van der Waals surface area contributed by atoms with Crippen LogP contribution in [0.15, 0.2) is 46.7 Å². The van der Waals surface area contributed by atoms with Gasteiger partial charge in [0.2, 0.25) is 10.0 Å². The Kier molecular flexibility index (Phi) is 7.41. The minimum absolute atomic E-state index is 0.0746. The van der Waals surface area contributed by atoms with Gasteiger partial charge in [0.25, 0.3) is 0 Å². The molecule has 1 aromatic heterocycles. The average Bonchev–Trinajstić information content (AvgIpc) is 3.35. The Bertz CT molecular complexity index is 1000. The smallest absolute Gasteiger partial charge is 0.317 e. The Hall–Kier alpha value is -2.05. The van der Waals surface area contributed by atoms with Gasteiger partial charge in [-0.05, 0) is 23.6 Å². The summed E-state index contributed by atoms with van der Waals surface area (Å²) in [7, 11) is -3.93. The molecular weight excluding hydrogens is 455 g/mol. The number of carbonyl (C=O) groups is 1. The molecule has 2 aliphatic rings. The second-order valence-electron chi connectivity index (χ2n) is 7.69. The maximum absolute atomic E-state index is 14.0. The fourth-order valence-corrected chi connectivity index (χ4v) is 6.35. The van der Waals surface area contributed by atoms with Crippen LogP contribution in [-0.4, -0.2) is 87.6 Å². The van der Waals surface area contributed by atoms with Crippen LogP contribution < -0.4 is 5.32 Å². The zero-order chi connectivity index (χ0) is 22.6. The molecule has 0 saturated carbocycles. The first-order chi connectivity index (χ1) is 15.5. The molecule has 0 radical (unpaired) electrons. The van der Waals surface area contributed by atoms with Gasteiger partial charge in [0, 0.05) is 50.7 Å². The number of thiophene rings is 1. The zero-order valence-corrected chi connectivity index (χ0v) is 19.3. The van der Waals surface area contributed by atoms with E-state index < -0.39 is 15.8 Å². The minimum Gasteiger partial charge on any atom is -0.379 e. The Morgan fingerprint density at radius 1 is 1.06 bits per heavy atom. The van der Waals surface area contributed by atoms with Crippen molar-refractivity contribution in [3.8, 4) is 0 Å². The summed E-state index contributed by atoms with van der Waals surface area (Å²) in [6.45, 7) is 4.19. The molecule has 8 nitrogen and oxygen atoms in total. The first kappa shape index (κ1) is 23.1. The van der Waals surface area contributed by atoms with Crippen molar-refractivity contribution in [1.82, 2.24) is 19.4 Å². The highest BCUT2D eigenvalue weighted by molar-refractivity contribution is 7.89. The number of nitrogens with one attached hydrogen (secondary N) is 1. The van der Waals surface area contributed by atoms with Crippen LogP contribution >= 0.6 is 11.3 Å². The van der Waals surface area contributed by atoms with Crippen molar-refractivity contribution in [3.63, 3.8) is 0 Å². The molecule has 0 unspecified atom stereocenters. The Labute approximate surface area is 191 Å². The quantitative estimate of drug-likeness (QED) is 0.681. The van der Waals surface area contributed by atoms with Gasteiger partial charge in [-0.3, -0.25) is 4.90 Å². The summed E-state index contributed by atoms with van der Waals surface area (Å²) in [4.78, 5) is 17.6. The minimum atomic E-state index is -3.93. The largest absolute Gasteiger partial charge is 0.379 e. The molecule has 0 aliphatic carbocycles. The van der Waals surface area contributed by atoms with Crippen molar-refractivity contribution in [2.24, 2.45) is 0 Å². The van der Waals surface area contributed by atoms with Crippen molar-refractivity contribution in [2.45, 2.75) is 10.9 Å². The number of ether oxygens (including phenoxy) is 1. The highest BCUT2D eigenvalue weighted by Gasteiger charge is 2.32. The standard InChI is InChI=1S/C21H27FN4O4S2/c22-17-4-1-2-6-20(17)32(28,29)26-9-7-25(8-10-26)21(27)23-16-18(19-5-3-15-31-19)24-11-13-30-14-12-24/h1-6,15,18H,7-14,16H2,(H,23,27)/t18-/m1/s1. The maximum Gasteiger partial charge on any atom is 0.317 e. The molecule has 2 aliphatic heterocycles. The van der Waals surface area contributed by atoms with E-state index in [0.29, 0.717) is 19.8 Å². The van der Waals surface area contributed by atoms with Crippen LogP contribution in [0.1, 0.15) is 10.9 Å². The number of benzene rings is 1. The van der Waals surface area contributed by atoms with Gasteiger partial charge in [-0.1, -0.05) is 18.2 Å². The van der Waals surface area contributed by atoms with Crippen LogP contribution in [0.4, 0.5) is 9.18 Å². The summed E-state index contributed by atoms with van der Waals surface area (Å²) in [6.07, 6.45) is 0. The number of nitrogens with zero attached hydrogens (tertiary/aromatic N) is 3. The van der Waals surface area contributed by atoms with Crippen LogP contribution in [-0.2, 0) is 14.8 Å². The first-order valence-electron chi connectivity index (χ1n) is 10.6. The van der Waals surface area contributed by atoms with E-state index in [1.165, 1.54) is 27.4 Å². The van der Waals surface area contributed by atoms with E-state index in [0.717, 1.165) is 19.2 Å². The number of urea groups is 1. The van der Waals surface area contributed by atoms with Crippen LogP contribution in [0.3, 0.4) is 0 Å². The molecule has 1 aromatic carbocycles. The van der Waals surface area contributed by atoms with Gasteiger partial charge in [0.15, 0.2) is 0 Å². The summed E-state index contributed by atoms with van der Waals surface area (Å²) >= 11 is 1.66.